The number of carboxylic acid groups (broad SMARTS) is 1. The van der Waals surface area contributed by atoms with Crippen molar-refractivity contribution in [1.29, 1.82) is 0 Å². The van der Waals surface area contributed by atoms with Crippen molar-refractivity contribution in [3.05, 3.63) is 35.6 Å². The van der Waals surface area contributed by atoms with E-state index in [0.29, 0.717) is 29.4 Å². The zero-order valence-corrected chi connectivity index (χ0v) is 13.1. The molecule has 22 heavy (non-hydrogen) atoms. The number of amides is 1. The third kappa shape index (κ3) is 2.98. The van der Waals surface area contributed by atoms with Crippen LogP contribution in [0.15, 0.2) is 28.9 Å². The van der Waals surface area contributed by atoms with Crippen LogP contribution in [-0.4, -0.2) is 22.5 Å². The number of furan rings is 1. The van der Waals surface area contributed by atoms with Crippen molar-refractivity contribution in [2.24, 2.45) is 0 Å². The lowest BCUT2D eigenvalue weighted by Gasteiger charge is -2.25. The summed E-state index contributed by atoms with van der Waals surface area (Å²) in [6, 6.07) is 5.69. The predicted molar refractivity (Wildman–Crippen MR) is 84.0 cm³/mol. The number of fused-ring (bicyclic) bond motifs is 1. The average molecular weight is 303 g/mol. The molecule has 1 atom stereocenters. The van der Waals surface area contributed by atoms with Gasteiger partial charge in [-0.15, -0.1) is 0 Å². The number of benzene rings is 1. The molecule has 0 bridgehead atoms. The molecule has 0 aliphatic carbocycles. The number of rotatable bonds is 6. The molecule has 1 unspecified atom stereocenters. The molecule has 0 radical (unpaired) electrons. The summed E-state index contributed by atoms with van der Waals surface area (Å²) < 4.78 is 5.40. The van der Waals surface area contributed by atoms with Gasteiger partial charge in [0, 0.05) is 5.39 Å². The van der Waals surface area contributed by atoms with Gasteiger partial charge < -0.3 is 14.8 Å². The van der Waals surface area contributed by atoms with E-state index in [9.17, 15) is 14.7 Å². The van der Waals surface area contributed by atoms with Crippen molar-refractivity contribution >= 4 is 22.8 Å². The Bertz CT molecular complexity index is 704. The van der Waals surface area contributed by atoms with Gasteiger partial charge in [0.05, 0.1) is 5.56 Å². The first-order valence-corrected chi connectivity index (χ1v) is 7.47. The Morgan fingerprint density at radius 3 is 2.64 bits per heavy atom. The second-order valence-corrected chi connectivity index (χ2v) is 5.67. The Kier molecular flexibility index (Phi) is 4.54. The molecule has 1 aromatic carbocycles. The van der Waals surface area contributed by atoms with E-state index in [2.05, 4.69) is 5.32 Å². The highest BCUT2D eigenvalue weighted by atomic mass is 16.4. The number of aliphatic carboxylic acids is 1. The van der Waals surface area contributed by atoms with Crippen LogP contribution in [-0.2, 0) is 11.2 Å². The first kappa shape index (κ1) is 16.1. The largest absolute Gasteiger partial charge is 0.480 e. The fraction of sp³-hybridized carbons (Fsp3) is 0.412. The molecular weight excluding hydrogens is 282 g/mol. The van der Waals surface area contributed by atoms with E-state index in [1.807, 2.05) is 32.0 Å². The van der Waals surface area contributed by atoms with Crippen molar-refractivity contribution in [3.8, 4) is 0 Å². The Balaban J connectivity index is 2.35. The molecule has 5 nitrogen and oxygen atoms in total. The van der Waals surface area contributed by atoms with Crippen LogP contribution >= 0.6 is 0 Å². The lowest BCUT2D eigenvalue weighted by Crippen LogP contribution is -2.52. The molecule has 5 heteroatoms. The van der Waals surface area contributed by atoms with Crippen LogP contribution in [0.1, 0.15) is 49.5 Å². The molecule has 0 fully saturated rings. The minimum atomic E-state index is -1.28. The van der Waals surface area contributed by atoms with E-state index in [0.717, 1.165) is 12.0 Å². The van der Waals surface area contributed by atoms with Crippen LogP contribution in [0, 0.1) is 0 Å². The fourth-order valence-electron chi connectivity index (χ4n) is 2.51. The molecule has 2 N–H and O–H groups in total. The first-order chi connectivity index (χ1) is 10.4. The monoisotopic (exact) mass is 303 g/mol. The maximum absolute atomic E-state index is 12.5. The van der Waals surface area contributed by atoms with E-state index in [1.165, 1.54) is 13.2 Å². The summed E-state index contributed by atoms with van der Waals surface area (Å²) in [5.74, 6) is -1.46. The van der Waals surface area contributed by atoms with Gasteiger partial charge >= 0.3 is 5.97 Å². The van der Waals surface area contributed by atoms with Gasteiger partial charge in [-0.1, -0.05) is 26.3 Å². The summed E-state index contributed by atoms with van der Waals surface area (Å²) in [5, 5.41) is 12.7. The van der Waals surface area contributed by atoms with Crippen molar-refractivity contribution < 1.29 is 19.1 Å². The number of nitrogens with one attached hydrogen (secondary N) is 1. The summed E-state index contributed by atoms with van der Waals surface area (Å²) >= 11 is 0. The molecule has 0 saturated heterocycles. The highest BCUT2D eigenvalue weighted by Gasteiger charge is 2.34. The summed E-state index contributed by atoms with van der Waals surface area (Å²) in [7, 11) is 0. The predicted octanol–water partition coefficient (Wildman–Crippen LogP) is 3.37. The smallest absolute Gasteiger partial charge is 0.329 e. The van der Waals surface area contributed by atoms with Crippen LogP contribution in [0.5, 0.6) is 0 Å². The number of carbonyl (C=O) groups excluding carboxylic acids is 1. The van der Waals surface area contributed by atoms with Crippen molar-refractivity contribution in [1.82, 2.24) is 5.32 Å². The third-order valence-corrected chi connectivity index (χ3v) is 3.90. The molecule has 0 spiro atoms. The van der Waals surface area contributed by atoms with Gasteiger partial charge in [0.15, 0.2) is 0 Å². The molecule has 0 aliphatic rings. The van der Waals surface area contributed by atoms with Gasteiger partial charge in [0.1, 0.15) is 17.4 Å². The number of carbonyl (C=O) groups is 2. The average Bonchev–Trinajstić information content (AvgIpc) is 2.90. The highest BCUT2D eigenvalue weighted by Crippen LogP contribution is 2.24. The Hall–Kier alpha value is -2.30. The van der Waals surface area contributed by atoms with Crippen molar-refractivity contribution in [3.63, 3.8) is 0 Å². The van der Waals surface area contributed by atoms with E-state index < -0.39 is 17.4 Å². The van der Waals surface area contributed by atoms with E-state index >= 15 is 0 Å². The minimum Gasteiger partial charge on any atom is -0.480 e. The van der Waals surface area contributed by atoms with Crippen LogP contribution < -0.4 is 5.32 Å². The van der Waals surface area contributed by atoms with Gasteiger partial charge in [0.2, 0.25) is 0 Å². The number of hydrogen-bond acceptors (Lipinski definition) is 3. The number of aryl methyl sites for hydroxylation is 1. The van der Waals surface area contributed by atoms with Gasteiger partial charge in [-0.2, -0.15) is 0 Å². The Labute approximate surface area is 129 Å². The lowest BCUT2D eigenvalue weighted by atomic mass is 9.95. The van der Waals surface area contributed by atoms with Crippen LogP contribution in [0.3, 0.4) is 0 Å². The maximum Gasteiger partial charge on any atom is 0.329 e. The summed E-state index contributed by atoms with van der Waals surface area (Å²) in [5.41, 5.74) is 0.805. The zero-order valence-electron chi connectivity index (χ0n) is 13.1. The van der Waals surface area contributed by atoms with Crippen LogP contribution in [0.25, 0.3) is 11.0 Å². The van der Waals surface area contributed by atoms with Crippen LogP contribution in [0.4, 0.5) is 0 Å². The number of hydrogen-bond donors (Lipinski definition) is 2. The van der Waals surface area contributed by atoms with E-state index in [-0.39, 0.29) is 0 Å². The van der Waals surface area contributed by atoms with Crippen molar-refractivity contribution in [2.45, 2.75) is 45.6 Å². The van der Waals surface area contributed by atoms with Gasteiger partial charge in [-0.25, -0.2) is 4.79 Å². The quantitative estimate of drug-likeness (QED) is 0.857. The normalized spacial score (nSPS) is 13.8. The fourth-order valence-corrected chi connectivity index (χ4v) is 2.51. The van der Waals surface area contributed by atoms with E-state index in [4.69, 9.17) is 4.42 Å². The molecule has 118 valence electrons. The van der Waals surface area contributed by atoms with Crippen LogP contribution in [0.2, 0.25) is 0 Å². The van der Waals surface area contributed by atoms with Gasteiger partial charge in [0.25, 0.3) is 5.91 Å². The Morgan fingerprint density at radius 2 is 2.05 bits per heavy atom. The maximum atomic E-state index is 12.5. The van der Waals surface area contributed by atoms with E-state index in [1.54, 1.807) is 0 Å². The topological polar surface area (TPSA) is 79.5 Å². The minimum absolute atomic E-state index is 0.365. The molecular formula is C17H21NO4. The summed E-state index contributed by atoms with van der Waals surface area (Å²) in [6.07, 6.45) is 3.26. The molecule has 2 rings (SSSR count). The second kappa shape index (κ2) is 6.22. The first-order valence-electron chi connectivity index (χ1n) is 7.47. The Morgan fingerprint density at radius 1 is 1.32 bits per heavy atom. The highest BCUT2D eigenvalue weighted by molar-refractivity contribution is 6.07. The third-order valence-electron chi connectivity index (χ3n) is 3.90. The summed E-state index contributed by atoms with van der Waals surface area (Å²) in [4.78, 5) is 23.9. The standard InChI is InChI=1S/C17H21NO4/c1-4-8-17(3,16(20)21)18-15(19)13-10-22-14-7-6-11(5-2)9-12(13)14/h6-7,9-10H,4-5,8H2,1-3H3,(H,18,19)(H,20,21). The number of carboxylic acids is 1. The second-order valence-electron chi connectivity index (χ2n) is 5.67. The van der Waals surface area contributed by atoms with Crippen molar-refractivity contribution in [2.75, 3.05) is 0 Å². The lowest BCUT2D eigenvalue weighted by molar-refractivity contribution is -0.144. The van der Waals surface area contributed by atoms with Gasteiger partial charge in [-0.3, -0.25) is 4.79 Å². The molecule has 1 heterocycles. The molecule has 0 aliphatic heterocycles. The van der Waals surface area contributed by atoms with Gasteiger partial charge in [-0.05, 0) is 37.5 Å². The molecule has 2 aromatic rings. The SMILES string of the molecule is CCCC(C)(NC(=O)c1coc2ccc(CC)cc12)C(=O)O. The zero-order chi connectivity index (χ0) is 16.3. The molecule has 1 aromatic heterocycles. The molecule has 1 amide bonds. The molecule has 0 saturated carbocycles. The summed E-state index contributed by atoms with van der Waals surface area (Å²) in [6.45, 7) is 5.44.